The molecule has 4 amide bonds. The van der Waals surface area contributed by atoms with Crippen LogP contribution in [0.5, 0.6) is 11.5 Å². The second-order valence-electron chi connectivity index (χ2n) is 5.95. The minimum Gasteiger partial charge on any atom is -0.496 e. The highest BCUT2D eigenvalue weighted by atomic mass is 35.5. The van der Waals surface area contributed by atoms with Gasteiger partial charge in [0, 0.05) is 16.1 Å². The van der Waals surface area contributed by atoms with Crippen LogP contribution < -0.4 is 19.7 Å². The smallest absolute Gasteiger partial charge is 0.335 e. The molecular formula is C20H17ClN2O5. The Balaban J connectivity index is 2.07. The number of nitrogens with one attached hydrogen (secondary N) is 1. The average molecular weight is 401 g/mol. The van der Waals surface area contributed by atoms with E-state index >= 15 is 0 Å². The number of nitrogens with zero attached hydrogens (tertiary/aromatic N) is 1. The first-order valence-electron chi connectivity index (χ1n) is 8.26. The van der Waals surface area contributed by atoms with Crippen LogP contribution in [0.1, 0.15) is 11.1 Å². The second-order valence-corrected chi connectivity index (χ2v) is 6.39. The van der Waals surface area contributed by atoms with E-state index in [1.54, 1.807) is 31.2 Å². The lowest BCUT2D eigenvalue weighted by molar-refractivity contribution is -0.122. The molecule has 0 aromatic heterocycles. The number of urea groups is 1. The molecular weight excluding hydrogens is 384 g/mol. The van der Waals surface area contributed by atoms with Crippen LogP contribution in [-0.2, 0) is 9.59 Å². The summed E-state index contributed by atoms with van der Waals surface area (Å²) >= 11 is 5.86. The summed E-state index contributed by atoms with van der Waals surface area (Å²) in [6.07, 6.45) is 1.39. The molecule has 0 aliphatic carbocycles. The third kappa shape index (κ3) is 3.44. The van der Waals surface area contributed by atoms with Gasteiger partial charge in [0.25, 0.3) is 11.8 Å². The zero-order valence-corrected chi connectivity index (χ0v) is 16.2. The molecule has 8 heteroatoms. The van der Waals surface area contributed by atoms with Crippen molar-refractivity contribution in [2.75, 3.05) is 19.1 Å². The number of ether oxygens (including phenoxy) is 2. The van der Waals surface area contributed by atoms with Crippen molar-refractivity contribution in [2.45, 2.75) is 6.92 Å². The summed E-state index contributed by atoms with van der Waals surface area (Å²) in [6.45, 7) is 1.80. The van der Waals surface area contributed by atoms with Crippen LogP contribution in [0.4, 0.5) is 10.5 Å². The zero-order valence-electron chi connectivity index (χ0n) is 15.4. The molecule has 3 rings (SSSR count). The van der Waals surface area contributed by atoms with Crippen molar-refractivity contribution < 1.29 is 23.9 Å². The van der Waals surface area contributed by atoms with E-state index in [9.17, 15) is 14.4 Å². The van der Waals surface area contributed by atoms with Gasteiger partial charge in [-0.05, 0) is 49.4 Å². The van der Waals surface area contributed by atoms with Crippen molar-refractivity contribution in [3.05, 3.63) is 58.1 Å². The molecule has 1 heterocycles. The number of benzene rings is 2. The lowest BCUT2D eigenvalue weighted by atomic mass is 10.0. The Morgan fingerprint density at radius 3 is 2.29 bits per heavy atom. The van der Waals surface area contributed by atoms with Crippen molar-refractivity contribution in [2.24, 2.45) is 0 Å². The number of carbonyl (C=O) groups excluding carboxylic acids is 3. The highest BCUT2D eigenvalue weighted by molar-refractivity contribution is 6.39. The Bertz CT molecular complexity index is 998. The van der Waals surface area contributed by atoms with E-state index in [1.165, 1.54) is 32.4 Å². The summed E-state index contributed by atoms with van der Waals surface area (Å²) in [6, 6.07) is 8.68. The van der Waals surface area contributed by atoms with Gasteiger partial charge in [0.2, 0.25) is 0 Å². The van der Waals surface area contributed by atoms with Crippen LogP contribution in [0.15, 0.2) is 42.0 Å². The maximum absolute atomic E-state index is 12.9. The molecule has 0 bridgehead atoms. The summed E-state index contributed by atoms with van der Waals surface area (Å²) in [4.78, 5) is 38.4. The van der Waals surface area contributed by atoms with Crippen molar-refractivity contribution >= 4 is 41.2 Å². The Kier molecular flexibility index (Phi) is 5.37. The number of barbiturate groups is 1. The molecule has 144 valence electrons. The van der Waals surface area contributed by atoms with E-state index in [4.69, 9.17) is 21.1 Å². The lowest BCUT2D eigenvalue weighted by Gasteiger charge is -2.26. The highest BCUT2D eigenvalue weighted by Crippen LogP contribution is 2.33. The van der Waals surface area contributed by atoms with Gasteiger partial charge in [-0.25, -0.2) is 9.69 Å². The minimum absolute atomic E-state index is 0.197. The van der Waals surface area contributed by atoms with Gasteiger partial charge >= 0.3 is 6.03 Å². The van der Waals surface area contributed by atoms with E-state index in [1.807, 2.05) is 0 Å². The molecule has 1 fully saturated rings. The lowest BCUT2D eigenvalue weighted by Crippen LogP contribution is -2.54. The van der Waals surface area contributed by atoms with Gasteiger partial charge in [0.1, 0.15) is 17.1 Å². The van der Waals surface area contributed by atoms with E-state index in [-0.39, 0.29) is 5.57 Å². The Morgan fingerprint density at radius 2 is 1.68 bits per heavy atom. The first-order valence-corrected chi connectivity index (χ1v) is 8.63. The third-order valence-corrected chi connectivity index (χ3v) is 4.55. The molecule has 28 heavy (non-hydrogen) atoms. The van der Waals surface area contributed by atoms with E-state index in [0.29, 0.717) is 33.3 Å². The van der Waals surface area contributed by atoms with E-state index < -0.39 is 17.8 Å². The first kappa shape index (κ1) is 19.4. The highest BCUT2D eigenvalue weighted by Gasteiger charge is 2.37. The Labute approximate surface area is 166 Å². The molecule has 0 radical (unpaired) electrons. The number of halogens is 1. The van der Waals surface area contributed by atoms with Crippen molar-refractivity contribution in [1.29, 1.82) is 0 Å². The molecule has 7 nitrogen and oxygen atoms in total. The third-order valence-electron chi connectivity index (χ3n) is 4.30. The Morgan fingerprint density at radius 1 is 1.00 bits per heavy atom. The summed E-state index contributed by atoms with van der Waals surface area (Å²) in [5, 5.41) is 2.64. The van der Waals surface area contributed by atoms with Gasteiger partial charge in [0.05, 0.1) is 19.9 Å². The number of methoxy groups -OCH3 is 2. The van der Waals surface area contributed by atoms with Crippen LogP contribution in [0.25, 0.3) is 6.08 Å². The van der Waals surface area contributed by atoms with Crippen molar-refractivity contribution in [3.8, 4) is 11.5 Å². The van der Waals surface area contributed by atoms with Crippen LogP contribution >= 0.6 is 11.6 Å². The molecule has 0 saturated carbocycles. The number of imide groups is 2. The first-order chi connectivity index (χ1) is 13.4. The normalized spacial score (nSPS) is 15.6. The Hall–Kier alpha value is -3.32. The van der Waals surface area contributed by atoms with Gasteiger partial charge in [-0.1, -0.05) is 11.6 Å². The predicted octanol–water partition coefficient (Wildman–Crippen LogP) is 3.33. The minimum atomic E-state index is -0.827. The molecule has 0 unspecified atom stereocenters. The van der Waals surface area contributed by atoms with Gasteiger partial charge in [-0.3, -0.25) is 14.9 Å². The predicted molar refractivity (Wildman–Crippen MR) is 105 cm³/mol. The monoisotopic (exact) mass is 400 g/mol. The topological polar surface area (TPSA) is 84.9 Å². The number of amides is 4. The average Bonchev–Trinajstić information content (AvgIpc) is 2.66. The van der Waals surface area contributed by atoms with Crippen LogP contribution in [0.3, 0.4) is 0 Å². The fourth-order valence-corrected chi connectivity index (χ4v) is 3.06. The van der Waals surface area contributed by atoms with Gasteiger partial charge < -0.3 is 9.47 Å². The largest absolute Gasteiger partial charge is 0.496 e. The molecule has 1 saturated heterocycles. The molecule has 2 aromatic rings. The fraction of sp³-hybridized carbons (Fsp3) is 0.150. The standard InChI is InChI=1S/C20H17ClN2O5/c1-11-16(27-2)9-4-12(17(11)28-3)10-15-18(24)22-20(26)23(19(15)25)14-7-5-13(21)6-8-14/h4-10H,1-3H3,(H,22,24,26)/b15-10+. The number of rotatable bonds is 4. The second kappa shape index (κ2) is 7.74. The van der Waals surface area contributed by atoms with Gasteiger partial charge in [-0.15, -0.1) is 0 Å². The zero-order chi connectivity index (χ0) is 20.4. The molecule has 2 aromatic carbocycles. The maximum atomic E-state index is 12.9. The van der Waals surface area contributed by atoms with E-state index in [0.717, 1.165) is 4.90 Å². The maximum Gasteiger partial charge on any atom is 0.335 e. The molecule has 1 N–H and O–H groups in total. The molecule has 0 atom stereocenters. The molecule has 0 spiro atoms. The van der Waals surface area contributed by atoms with E-state index in [2.05, 4.69) is 5.32 Å². The summed E-state index contributed by atoms with van der Waals surface area (Å²) < 4.78 is 10.7. The van der Waals surface area contributed by atoms with Crippen LogP contribution in [0.2, 0.25) is 5.02 Å². The van der Waals surface area contributed by atoms with Crippen LogP contribution in [-0.4, -0.2) is 32.1 Å². The van der Waals surface area contributed by atoms with Crippen molar-refractivity contribution in [1.82, 2.24) is 5.32 Å². The molecule has 1 aliphatic heterocycles. The SMILES string of the molecule is COc1ccc(/C=C2\C(=O)NC(=O)N(c3ccc(Cl)cc3)C2=O)c(OC)c1C. The molecule has 1 aliphatic rings. The summed E-state index contributed by atoms with van der Waals surface area (Å²) in [5.41, 5.74) is 1.32. The summed E-state index contributed by atoms with van der Waals surface area (Å²) in [5.74, 6) is -0.457. The summed E-state index contributed by atoms with van der Waals surface area (Å²) in [7, 11) is 3.02. The number of hydrogen-bond acceptors (Lipinski definition) is 5. The van der Waals surface area contributed by atoms with Crippen LogP contribution in [0, 0.1) is 6.92 Å². The number of hydrogen-bond donors (Lipinski definition) is 1. The number of anilines is 1. The van der Waals surface area contributed by atoms with Crippen molar-refractivity contribution in [3.63, 3.8) is 0 Å². The number of carbonyl (C=O) groups is 3. The van der Waals surface area contributed by atoms with Gasteiger partial charge in [0.15, 0.2) is 0 Å². The van der Waals surface area contributed by atoms with Gasteiger partial charge in [-0.2, -0.15) is 0 Å². The fourth-order valence-electron chi connectivity index (χ4n) is 2.94. The quantitative estimate of drug-likeness (QED) is 0.628.